The standard InChI is InChI=1S/C33H43N3O6/c1-29(2)28-23(37)17-24-32(41-28,42-29)12-11-30(3)31(4)19(15-21-20-9-7-8-10-22(20)35-27(21)31)16-25(33(24,30)39)40-18-26(38)34-13-14-36(5)6/h7-10,17,19,25,28,35,39H,11-16,18H2,1-6H3,(H,34,38)/t19-,25+,28+,30-,31-,32+,33+/m1/s1. The van der Waals surface area contributed by atoms with Crippen molar-refractivity contribution in [3.05, 3.63) is 47.2 Å². The smallest absolute Gasteiger partial charge is 0.246 e. The summed E-state index contributed by atoms with van der Waals surface area (Å²) in [6.07, 6.45) is 2.60. The molecule has 3 aliphatic carbocycles. The third-order valence-electron chi connectivity index (χ3n) is 11.5. The summed E-state index contributed by atoms with van der Waals surface area (Å²) in [7, 11) is 3.91. The summed E-state index contributed by atoms with van der Waals surface area (Å²) >= 11 is 0. The SMILES string of the molecule is CN(C)CCNC(=O)CO[C@H]1C[C@H]2Cc3c([nH]c4ccccc34)[C@]2(C)[C@@]2(C)CC[C@@]34O[C@@H](C(=O)C=C3[C@]12O)C(C)(C)O4. The highest BCUT2D eigenvalue weighted by molar-refractivity contribution is 5.97. The fraction of sp³-hybridized carbons (Fsp3) is 0.636. The number of ether oxygens (including phenoxy) is 3. The molecule has 1 spiro atoms. The number of likely N-dealkylation sites (N-methyl/N-ethyl adjacent to an activating group) is 1. The second kappa shape index (κ2) is 8.99. The van der Waals surface area contributed by atoms with E-state index in [0.29, 0.717) is 37.9 Å². The zero-order valence-corrected chi connectivity index (χ0v) is 25.5. The summed E-state index contributed by atoms with van der Waals surface area (Å²) in [5.41, 5.74) is 0.296. The lowest BCUT2D eigenvalue weighted by atomic mass is 9.41. The first-order valence-corrected chi connectivity index (χ1v) is 15.3. The van der Waals surface area contributed by atoms with Crippen LogP contribution in [0.5, 0.6) is 0 Å². The van der Waals surface area contributed by atoms with Gasteiger partial charge in [0.1, 0.15) is 17.8 Å². The van der Waals surface area contributed by atoms with E-state index in [4.69, 9.17) is 14.2 Å². The largest absolute Gasteiger partial charge is 0.382 e. The van der Waals surface area contributed by atoms with Gasteiger partial charge in [0.15, 0.2) is 17.7 Å². The van der Waals surface area contributed by atoms with E-state index < -0.39 is 40.0 Å². The summed E-state index contributed by atoms with van der Waals surface area (Å²) in [6, 6.07) is 8.36. The number of amides is 1. The van der Waals surface area contributed by atoms with Crippen LogP contribution >= 0.6 is 0 Å². The first kappa shape index (κ1) is 28.2. The van der Waals surface area contributed by atoms with Crippen LogP contribution in [0.25, 0.3) is 10.9 Å². The Morgan fingerprint density at radius 2 is 1.95 bits per heavy atom. The molecule has 1 saturated heterocycles. The Labute approximate surface area is 246 Å². The minimum atomic E-state index is -1.62. The minimum absolute atomic E-state index is 0.166. The van der Waals surface area contributed by atoms with Gasteiger partial charge in [-0.05, 0) is 70.8 Å². The van der Waals surface area contributed by atoms with Crippen molar-refractivity contribution in [3.63, 3.8) is 0 Å². The quantitative estimate of drug-likeness (QED) is 0.484. The van der Waals surface area contributed by atoms with E-state index in [9.17, 15) is 14.7 Å². The van der Waals surface area contributed by atoms with Crippen molar-refractivity contribution in [3.8, 4) is 0 Å². The zero-order chi connectivity index (χ0) is 29.9. The molecule has 7 atom stereocenters. The fourth-order valence-electron chi connectivity index (χ4n) is 9.23. The minimum Gasteiger partial charge on any atom is -0.382 e. The number of aromatic amines is 1. The van der Waals surface area contributed by atoms with Crippen LogP contribution < -0.4 is 5.32 Å². The summed E-state index contributed by atoms with van der Waals surface area (Å²) in [4.78, 5) is 32.1. The lowest BCUT2D eigenvalue weighted by Gasteiger charge is -2.67. The van der Waals surface area contributed by atoms with Gasteiger partial charge in [0, 0.05) is 52.5 Å². The van der Waals surface area contributed by atoms with Crippen molar-refractivity contribution in [2.75, 3.05) is 33.8 Å². The van der Waals surface area contributed by atoms with Crippen molar-refractivity contribution in [1.29, 1.82) is 0 Å². The van der Waals surface area contributed by atoms with E-state index in [1.54, 1.807) is 6.08 Å². The number of ketones is 1. The lowest BCUT2D eigenvalue weighted by Crippen LogP contribution is -2.75. The Morgan fingerprint density at radius 3 is 2.71 bits per heavy atom. The van der Waals surface area contributed by atoms with E-state index >= 15 is 0 Å². The number of H-pyrrole nitrogens is 1. The Bertz CT molecular complexity index is 1510. The molecule has 0 unspecified atom stereocenters. The molecule has 9 nitrogen and oxygen atoms in total. The van der Waals surface area contributed by atoms with Gasteiger partial charge in [-0.3, -0.25) is 9.59 Å². The van der Waals surface area contributed by atoms with Crippen molar-refractivity contribution < 1.29 is 28.9 Å². The van der Waals surface area contributed by atoms with Gasteiger partial charge in [-0.25, -0.2) is 0 Å². The van der Waals surface area contributed by atoms with E-state index in [0.717, 1.165) is 17.6 Å². The van der Waals surface area contributed by atoms with Crippen LogP contribution in [0.15, 0.2) is 35.9 Å². The molecule has 3 N–H and O–H groups in total. The zero-order valence-electron chi connectivity index (χ0n) is 25.5. The number of aliphatic hydroxyl groups is 1. The van der Waals surface area contributed by atoms with Gasteiger partial charge in [0.05, 0.1) is 6.10 Å². The number of hydrogen-bond donors (Lipinski definition) is 3. The van der Waals surface area contributed by atoms with Gasteiger partial charge in [-0.15, -0.1) is 0 Å². The Kier molecular flexibility index (Phi) is 6.04. The Balaban J connectivity index is 1.33. The first-order valence-electron chi connectivity index (χ1n) is 15.3. The number of para-hydroxylation sites is 1. The van der Waals surface area contributed by atoms with Crippen LogP contribution in [-0.4, -0.2) is 89.7 Å². The number of carbonyl (C=O) groups excluding carboxylic acids is 2. The predicted octanol–water partition coefficient (Wildman–Crippen LogP) is 3.00. The highest BCUT2D eigenvalue weighted by Gasteiger charge is 2.78. The van der Waals surface area contributed by atoms with Gasteiger partial charge in [0.2, 0.25) is 5.91 Å². The Morgan fingerprint density at radius 1 is 1.19 bits per heavy atom. The number of benzene rings is 1. The molecule has 2 aromatic rings. The molecule has 2 aliphatic heterocycles. The molecule has 42 heavy (non-hydrogen) atoms. The molecule has 7 rings (SSSR count). The molecule has 3 heterocycles. The summed E-state index contributed by atoms with van der Waals surface area (Å²) in [5, 5.41) is 17.5. The normalized spacial score (nSPS) is 39.5. The van der Waals surface area contributed by atoms with Crippen LogP contribution in [0.3, 0.4) is 0 Å². The number of carbonyl (C=O) groups is 2. The highest BCUT2D eigenvalue weighted by Crippen LogP contribution is 2.72. The van der Waals surface area contributed by atoms with Gasteiger partial charge in [-0.1, -0.05) is 32.0 Å². The second-order valence-corrected chi connectivity index (χ2v) is 14.3. The molecule has 2 saturated carbocycles. The third-order valence-corrected chi connectivity index (χ3v) is 11.5. The number of aromatic nitrogens is 1. The van der Waals surface area contributed by atoms with Crippen LogP contribution in [0.1, 0.15) is 58.2 Å². The van der Waals surface area contributed by atoms with Gasteiger partial charge in [-0.2, -0.15) is 0 Å². The van der Waals surface area contributed by atoms with E-state index in [1.807, 2.05) is 38.9 Å². The van der Waals surface area contributed by atoms with Crippen LogP contribution in [0.2, 0.25) is 0 Å². The number of nitrogens with one attached hydrogen (secondary N) is 2. The molecule has 1 amide bonds. The maximum Gasteiger partial charge on any atom is 0.246 e. The van der Waals surface area contributed by atoms with Crippen molar-refractivity contribution in [1.82, 2.24) is 15.2 Å². The summed E-state index contributed by atoms with van der Waals surface area (Å²) in [5.74, 6) is -1.48. The molecule has 3 fully saturated rings. The summed E-state index contributed by atoms with van der Waals surface area (Å²) < 4.78 is 19.5. The molecule has 5 aliphatic rings. The monoisotopic (exact) mass is 577 g/mol. The van der Waals surface area contributed by atoms with Crippen LogP contribution in [0.4, 0.5) is 0 Å². The summed E-state index contributed by atoms with van der Waals surface area (Å²) in [6.45, 7) is 9.18. The number of fused-ring (bicyclic) bond motifs is 9. The van der Waals surface area contributed by atoms with Crippen molar-refractivity contribution in [2.45, 2.75) is 88.0 Å². The van der Waals surface area contributed by atoms with E-state index in [1.165, 1.54) is 10.9 Å². The van der Waals surface area contributed by atoms with Crippen LogP contribution in [-0.2, 0) is 35.6 Å². The predicted molar refractivity (Wildman–Crippen MR) is 157 cm³/mol. The average Bonchev–Trinajstić information content (AvgIpc) is 3.51. The molecular weight excluding hydrogens is 534 g/mol. The first-order chi connectivity index (χ1) is 19.8. The van der Waals surface area contributed by atoms with E-state index in [-0.39, 0.29) is 24.2 Å². The topological polar surface area (TPSA) is 113 Å². The molecule has 9 heteroatoms. The lowest BCUT2D eigenvalue weighted by molar-refractivity contribution is -0.279. The van der Waals surface area contributed by atoms with Gasteiger partial charge in [0.25, 0.3) is 0 Å². The average molecular weight is 578 g/mol. The van der Waals surface area contributed by atoms with Crippen molar-refractivity contribution in [2.24, 2.45) is 11.3 Å². The third kappa shape index (κ3) is 3.48. The number of rotatable bonds is 6. The molecule has 0 radical (unpaired) electrons. The van der Waals surface area contributed by atoms with Gasteiger partial charge < -0.3 is 34.5 Å². The Hall–Kier alpha value is -2.56. The highest BCUT2D eigenvalue weighted by atomic mass is 16.8. The number of nitrogens with zero attached hydrogens (tertiary/aromatic N) is 1. The number of hydrogen-bond acceptors (Lipinski definition) is 7. The van der Waals surface area contributed by atoms with Crippen molar-refractivity contribution >= 4 is 22.6 Å². The maximum atomic E-state index is 13.5. The molecule has 1 aromatic carbocycles. The van der Waals surface area contributed by atoms with E-state index in [2.05, 4.69) is 42.3 Å². The second-order valence-electron chi connectivity index (χ2n) is 14.3. The molecular formula is C33H43N3O6. The van der Waals surface area contributed by atoms with Gasteiger partial charge >= 0.3 is 0 Å². The molecule has 226 valence electrons. The maximum absolute atomic E-state index is 13.5. The molecule has 2 bridgehead atoms. The molecule has 1 aromatic heterocycles. The van der Waals surface area contributed by atoms with Crippen LogP contribution in [0, 0.1) is 11.3 Å². The fourth-order valence-corrected chi connectivity index (χ4v) is 9.23.